The van der Waals surface area contributed by atoms with Gasteiger partial charge in [0.2, 0.25) is 21.1 Å². The molecule has 10 nitrogen and oxygen atoms in total. The number of aromatic nitrogens is 2. The highest BCUT2D eigenvalue weighted by atomic mass is 32.2. The van der Waals surface area contributed by atoms with Gasteiger partial charge < -0.3 is 14.7 Å². The summed E-state index contributed by atoms with van der Waals surface area (Å²) in [7, 11) is -3.58. The lowest BCUT2D eigenvalue weighted by Gasteiger charge is -2.28. The van der Waals surface area contributed by atoms with E-state index >= 15 is 0 Å². The average molecular weight is 366 g/mol. The summed E-state index contributed by atoms with van der Waals surface area (Å²) >= 11 is 0.963. The monoisotopic (exact) mass is 366 g/mol. The van der Waals surface area contributed by atoms with Gasteiger partial charge in [0.25, 0.3) is 6.47 Å². The number of carbonyl (C=O) groups excluding carboxylic acids is 1. The first-order valence-corrected chi connectivity index (χ1v) is 9.13. The molecule has 2 rings (SSSR count). The Bertz CT molecular complexity index is 626. The standard InChI is InChI=1S/C10H16N4O4S2.CH2O2/c1-8-11-10(19-12-8)14(20(2,16)17)7-9(15)13-3-5-18-6-4-13;2-1-3/h3-7H2,1-2H3;1H,(H,2,3). The van der Waals surface area contributed by atoms with Gasteiger partial charge in [0.15, 0.2) is 0 Å². The molecule has 1 aromatic rings. The molecule has 0 aromatic carbocycles. The highest BCUT2D eigenvalue weighted by molar-refractivity contribution is 7.92. The Labute approximate surface area is 137 Å². The van der Waals surface area contributed by atoms with Crippen LogP contribution >= 0.6 is 11.5 Å². The zero-order valence-corrected chi connectivity index (χ0v) is 14.3. The number of ether oxygens (including phenoxy) is 1. The number of sulfonamides is 1. The van der Waals surface area contributed by atoms with Gasteiger partial charge in [-0.2, -0.15) is 4.37 Å². The largest absolute Gasteiger partial charge is 0.483 e. The first-order chi connectivity index (χ1) is 10.8. The number of aryl methyl sites for hydroxylation is 1. The van der Waals surface area contributed by atoms with Crippen molar-refractivity contribution in [2.75, 3.05) is 43.4 Å². The van der Waals surface area contributed by atoms with Crippen molar-refractivity contribution < 1.29 is 27.9 Å². The van der Waals surface area contributed by atoms with Crippen LogP contribution in [-0.2, 0) is 24.3 Å². The Hall–Kier alpha value is -1.79. The van der Waals surface area contributed by atoms with Crippen LogP contribution in [0.25, 0.3) is 0 Å². The smallest absolute Gasteiger partial charge is 0.290 e. The summed E-state index contributed by atoms with van der Waals surface area (Å²) in [5.74, 6) is 0.226. The Morgan fingerprint density at radius 1 is 1.48 bits per heavy atom. The van der Waals surface area contributed by atoms with Gasteiger partial charge in [-0.15, -0.1) is 0 Å². The van der Waals surface area contributed by atoms with Crippen LogP contribution in [0.2, 0.25) is 0 Å². The number of morpholine rings is 1. The summed E-state index contributed by atoms with van der Waals surface area (Å²) in [6.07, 6.45) is 1.05. The normalized spacial score (nSPS) is 14.6. The number of anilines is 1. The third kappa shape index (κ3) is 6.08. The van der Waals surface area contributed by atoms with Crippen molar-refractivity contribution in [1.29, 1.82) is 0 Å². The van der Waals surface area contributed by atoms with Gasteiger partial charge in [-0.1, -0.05) is 0 Å². The Kier molecular flexibility index (Phi) is 7.32. The maximum absolute atomic E-state index is 12.2. The minimum absolute atomic E-state index is 0.214. The van der Waals surface area contributed by atoms with Gasteiger partial charge in [0.1, 0.15) is 12.4 Å². The number of carboxylic acid groups (broad SMARTS) is 1. The number of amides is 1. The highest BCUT2D eigenvalue weighted by Crippen LogP contribution is 2.20. The van der Waals surface area contributed by atoms with Crippen molar-refractivity contribution >= 4 is 39.1 Å². The molecular weight excluding hydrogens is 348 g/mol. The second-order valence-corrected chi connectivity index (χ2v) is 7.13. The maximum atomic E-state index is 12.2. The lowest BCUT2D eigenvalue weighted by Crippen LogP contribution is -2.47. The van der Waals surface area contributed by atoms with E-state index < -0.39 is 10.0 Å². The summed E-state index contributed by atoms with van der Waals surface area (Å²) in [5, 5.41) is 7.10. The first kappa shape index (κ1) is 19.3. The van der Waals surface area contributed by atoms with Gasteiger partial charge in [-0.3, -0.25) is 9.59 Å². The zero-order chi connectivity index (χ0) is 17.5. The number of hydrogen-bond acceptors (Lipinski definition) is 8. The molecule has 1 N–H and O–H groups in total. The van der Waals surface area contributed by atoms with Crippen LogP contribution in [0.4, 0.5) is 5.13 Å². The summed E-state index contributed by atoms with van der Waals surface area (Å²) in [6, 6.07) is 0. The van der Waals surface area contributed by atoms with Crippen molar-refractivity contribution in [3.05, 3.63) is 5.82 Å². The summed E-state index contributed by atoms with van der Waals surface area (Å²) in [5.41, 5.74) is 0. The van der Waals surface area contributed by atoms with Crippen molar-refractivity contribution in [1.82, 2.24) is 14.3 Å². The molecule has 1 aromatic heterocycles. The number of nitrogens with zero attached hydrogens (tertiary/aromatic N) is 4. The van der Waals surface area contributed by atoms with Crippen LogP contribution in [0.1, 0.15) is 5.82 Å². The molecule has 1 saturated heterocycles. The molecular formula is C11H18N4O6S2. The van der Waals surface area contributed by atoms with Crippen molar-refractivity contribution in [2.24, 2.45) is 0 Å². The molecule has 0 radical (unpaired) electrons. The van der Waals surface area contributed by atoms with Crippen molar-refractivity contribution in [3.8, 4) is 0 Å². The first-order valence-electron chi connectivity index (χ1n) is 6.51. The minimum Gasteiger partial charge on any atom is -0.483 e. The molecule has 0 aliphatic carbocycles. The van der Waals surface area contributed by atoms with Gasteiger partial charge in [0.05, 0.1) is 19.5 Å². The molecule has 1 aliphatic rings. The molecule has 2 heterocycles. The van der Waals surface area contributed by atoms with E-state index in [0.29, 0.717) is 32.1 Å². The lowest BCUT2D eigenvalue weighted by molar-refractivity contribution is -0.133. The van der Waals surface area contributed by atoms with Gasteiger partial charge in [-0.25, -0.2) is 17.7 Å². The van der Waals surface area contributed by atoms with E-state index in [-0.39, 0.29) is 24.1 Å². The maximum Gasteiger partial charge on any atom is 0.290 e. The average Bonchev–Trinajstić information content (AvgIpc) is 2.91. The van der Waals surface area contributed by atoms with E-state index in [1.807, 2.05) is 0 Å². The van der Waals surface area contributed by atoms with E-state index in [1.165, 1.54) is 0 Å². The molecule has 0 atom stereocenters. The molecule has 1 aliphatic heterocycles. The molecule has 23 heavy (non-hydrogen) atoms. The zero-order valence-electron chi connectivity index (χ0n) is 12.7. The molecule has 130 valence electrons. The molecule has 12 heteroatoms. The fourth-order valence-electron chi connectivity index (χ4n) is 1.75. The summed E-state index contributed by atoms with van der Waals surface area (Å²) in [6.45, 7) is 3.07. The van der Waals surface area contributed by atoms with Crippen LogP contribution in [0.3, 0.4) is 0 Å². The minimum atomic E-state index is -3.58. The van der Waals surface area contributed by atoms with Crippen LogP contribution in [0.15, 0.2) is 0 Å². The Morgan fingerprint density at radius 2 is 2.04 bits per heavy atom. The van der Waals surface area contributed by atoms with E-state index in [1.54, 1.807) is 11.8 Å². The second kappa shape index (κ2) is 8.74. The molecule has 1 fully saturated rings. The van der Waals surface area contributed by atoms with E-state index in [9.17, 15) is 13.2 Å². The van der Waals surface area contributed by atoms with Crippen LogP contribution < -0.4 is 4.31 Å². The van der Waals surface area contributed by atoms with E-state index in [4.69, 9.17) is 14.6 Å². The fraction of sp³-hybridized carbons (Fsp3) is 0.636. The van der Waals surface area contributed by atoms with E-state index in [0.717, 1.165) is 22.1 Å². The third-order valence-corrected chi connectivity index (χ3v) is 4.82. The topological polar surface area (TPSA) is 130 Å². The van der Waals surface area contributed by atoms with Crippen molar-refractivity contribution in [2.45, 2.75) is 6.92 Å². The van der Waals surface area contributed by atoms with Gasteiger partial charge in [0, 0.05) is 24.6 Å². The van der Waals surface area contributed by atoms with Crippen LogP contribution in [-0.4, -0.2) is 79.3 Å². The predicted octanol–water partition coefficient (Wildman–Crippen LogP) is -0.828. The quantitative estimate of drug-likeness (QED) is 0.684. The van der Waals surface area contributed by atoms with Gasteiger partial charge >= 0.3 is 0 Å². The molecule has 1 amide bonds. The molecule has 0 unspecified atom stereocenters. The third-order valence-electron chi connectivity index (χ3n) is 2.77. The number of hydrogen-bond donors (Lipinski definition) is 1. The summed E-state index contributed by atoms with van der Waals surface area (Å²) in [4.78, 5) is 26.1. The van der Waals surface area contributed by atoms with Crippen LogP contribution in [0, 0.1) is 6.92 Å². The summed E-state index contributed by atoms with van der Waals surface area (Å²) < 4.78 is 33.8. The second-order valence-electron chi connectivity index (χ2n) is 4.49. The van der Waals surface area contributed by atoms with Crippen LogP contribution in [0.5, 0.6) is 0 Å². The number of carbonyl (C=O) groups is 2. The lowest BCUT2D eigenvalue weighted by atomic mass is 10.4. The fourth-order valence-corrected chi connectivity index (χ4v) is 3.51. The van der Waals surface area contributed by atoms with Gasteiger partial charge in [-0.05, 0) is 6.92 Å². The molecule has 0 spiro atoms. The van der Waals surface area contributed by atoms with Crippen molar-refractivity contribution in [3.63, 3.8) is 0 Å². The predicted molar refractivity (Wildman–Crippen MR) is 82.9 cm³/mol. The Morgan fingerprint density at radius 3 is 2.48 bits per heavy atom. The highest BCUT2D eigenvalue weighted by Gasteiger charge is 2.27. The number of rotatable bonds is 4. The Balaban J connectivity index is 0.000000816. The molecule has 0 bridgehead atoms. The van der Waals surface area contributed by atoms with E-state index in [2.05, 4.69) is 9.36 Å². The SMILES string of the molecule is Cc1nsc(N(CC(=O)N2CCOCC2)S(C)(=O)=O)n1.O=CO. The molecule has 0 saturated carbocycles.